The highest BCUT2D eigenvalue weighted by Crippen LogP contribution is 2.18. The molecule has 1 heterocycles. The first-order valence-corrected chi connectivity index (χ1v) is 8.40. The van der Waals surface area contributed by atoms with E-state index in [-0.39, 0.29) is 22.7 Å². The van der Waals surface area contributed by atoms with Gasteiger partial charge in [0.1, 0.15) is 5.82 Å². The van der Waals surface area contributed by atoms with Crippen LogP contribution < -0.4 is 10.9 Å². The number of hydrogen-bond donors (Lipinski definition) is 1. The Morgan fingerprint density at radius 1 is 1.08 bits per heavy atom. The Labute approximate surface area is 158 Å². The van der Waals surface area contributed by atoms with E-state index in [2.05, 4.69) is 5.32 Å². The number of benzene rings is 2. The molecule has 3 rings (SSSR count). The van der Waals surface area contributed by atoms with Gasteiger partial charge in [0.2, 0.25) is 0 Å². The minimum Gasteiger partial charge on any atom is -0.321 e. The van der Waals surface area contributed by atoms with Crippen LogP contribution in [0.4, 0.5) is 10.1 Å². The normalized spacial score (nSPS) is 10.6. The van der Waals surface area contributed by atoms with E-state index in [0.29, 0.717) is 10.7 Å². The molecule has 0 fully saturated rings. The summed E-state index contributed by atoms with van der Waals surface area (Å²) in [5.41, 5.74) is 0.735. The molecule has 3 aromatic rings. The number of hydrogen-bond acceptors (Lipinski definition) is 2. The molecule has 0 aliphatic rings. The van der Waals surface area contributed by atoms with Crippen LogP contribution in [0.25, 0.3) is 0 Å². The zero-order valence-electron chi connectivity index (χ0n) is 13.4. The van der Waals surface area contributed by atoms with E-state index < -0.39 is 11.7 Å². The smallest absolute Gasteiger partial charge is 0.258 e. The summed E-state index contributed by atoms with van der Waals surface area (Å²) in [6.07, 6.45) is 1.48. The quantitative estimate of drug-likeness (QED) is 0.707. The molecule has 0 unspecified atom stereocenters. The van der Waals surface area contributed by atoms with Crippen LogP contribution in [0.5, 0.6) is 0 Å². The second kappa shape index (κ2) is 7.72. The predicted molar refractivity (Wildman–Crippen MR) is 101 cm³/mol. The van der Waals surface area contributed by atoms with Gasteiger partial charge in [-0.3, -0.25) is 9.59 Å². The molecule has 0 saturated carbocycles. The fourth-order valence-corrected chi connectivity index (χ4v) is 2.77. The highest BCUT2D eigenvalue weighted by atomic mass is 35.5. The van der Waals surface area contributed by atoms with E-state index in [1.54, 1.807) is 12.1 Å². The summed E-state index contributed by atoms with van der Waals surface area (Å²) in [6.45, 7) is 0.248. The zero-order valence-corrected chi connectivity index (χ0v) is 14.9. The van der Waals surface area contributed by atoms with Crippen LogP contribution in [-0.2, 0) is 6.54 Å². The number of carbonyl (C=O) groups excluding carboxylic acids is 1. The number of nitrogens with one attached hydrogen (secondary N) is 1. The van der Waals surface area contributed by atoms with E-state index in [4.69, 9.17) is 23.2 Å². The SMILES string of the molecule is O=C(Nc1ccc(=O)n(Cc2ccccc2Cl)c1)c1ccc(Cl)cc1F. The van der Waals surface area contributed by atoms with Gasteiger partial charge >= 0.3 is 0 Å². The second-order valence-corrected chi connectivity index (χ2v) is 6.40. The maximum absolute atomic E-state index is 13.9. The Balaban J connectivity index is 1.84. The number of nitrogens with zero attached hydrogens (tertiary/aromatic N) is 1. The Bertz CT molecular complexity index is 1030. The standard InChI is InChI=1S/C19H13Cl2FN2O2/c20-13-5-7-15(17(22)9-13)19(26)23-14-6-8-18(25)24(11-14)10-12-3-1-2-4-16(12)21/h1-9,11H,10H2,(H,23,26). The minimum atomic E-state index is -0.723. The minimum absolute atomic E-state index is 0.141. The number of rotatable bonds is 4. The average molecular weight is 391 g/mol. The maximum Gasteiger partial charge on any atom is 0.258 e. The molecule has 7 heteroatoms. The van der Waals surface area contributed by atoms with Gasteiger partial charge in [0.15, 0.2) is 0 Å². The van der Waals surface area contributed by atoms with Crippen LogP contribution in [0.15, 0.2) is 65.6 Å². The van der Waals surface area contributed by atoms with Crippen LogP contribution in [-0.4, -0.2) is 10.5 Å². The summed E-state index contributed by atoms with van der Waals surface area (Å²) < 4.78 is 15.3. The second-order valence-electron chi connectivity index (χ2n) is 5.55. The highest BCUT2D eigenvalue weighted by Gasteiger charge is 2.13. The topological polar surface area (TPSA) is 51.1 Å². The first-order chi connectivity index (χ1) is 12.4. The molecule has 0 aliphatic carbocycles. The molecule has 0 spiro atoms. The third-order valence-corrected chi connectivity index (χ3v) is 4.32. The van der Waals surface area contributed by atoms with E-state index in [0.717, 1.165) is 11.6 Å². The van der Waals surface area contributed by atoms with Gasteiger partial charge in [-0.05, 0) is 35.9 Å². The number of carbonyl (C=O) groups is 1. The summed E-state index contributed by atoms with van der Waals surface area (Å²) in [7, 11) is 0. The zero-order chi connectivity index (χ0) is 18.7. The Hall–Kier alpha value is -2.63. The van der Waals surface area contributed by atoms with Crippen molar-refractivity contribution in [1.29, 1.82) is 0 Å². The van der Waals surface area contributed by atoms with E-state index >= 15 is 0 Å². The van der Waals surface area contributed by atoms with E-state index in [1.807, 2.05) is 12.1 Å². The monoisotopic (exact) mass is 390 g/mol. The number of aromatic nitrogens is 1. The highest BCUT2D eigenvalue weighted by molar-refractivity contribution is 6.31. The summed E-state index contributed by atoms with van der Waals surface area (Å²) in [5.74, 6) is -1.36. The molecule has 1 N–H and O–H groups in total. The largest absolute Gasteiger partial charge is 0.321 e. The van der Waals surface area contributed by atoms with Crippen LogP contribution >= 0.6 is 23.2 Å². The molecule has 1 amide bonds. The van der Waals surface area contributed by atoms with Gasteiger partial charge in [0, 0.05) is 22.3 Å². The number of pyridine rings is 1. The van der Waals surface area contributed by atoms with Crippen LogP contribution in [0.3, 0.4) is 0 Å². The van der Waals surface area contributed by atoms with Gasteiger partial charge in [-0.2, -0.15) is 0 Å². The lowest BCUT2D eigenvalue weighted by molar-refractivity contribution is 0.102. The van der Waals surface area contributed by atoms with Gasteiger partial charge < -0.3 is 9.88 Å². The van der Waals surface area contributed by atoms with Crippen molar-refractivity contribution in [3.63, 3.8) is 0 Å². The first kappa shape index (κ1) is 18.2. The van der Waals surface area contributed by atoms with Crippen molar-refractivity contribution in [2.75, 3.05) is 5.32 Å². The molecule has 4 nitrogen and oxygen atoms in total. The number of anilines is 1. The van der Waals surface area contributed by atoms with Crippen molar-refractivity contribution in [3.05, 3.63) is 98.1 Å². The van der Waals surface area contributed by atoms with Crippen molar-refractivity contribution in [1.82, 2.24) is 4.57 Å². The third kappa shape index (κ3) is 4.12. The summed E-state index contributed by atoms with van der Waals surface area (Å²) in [5, 5.41) is 3.31. The fourth-order valence-electron chi connectivity index (χ4n) is 2.41. The molecule has 0 radical (unpaired) electrons. The molecule has 1 aromatic heterocycles. The van der Waals surface area contributed by atoms with Crippen LogP contribution in [0, 0.1) is 5.82 Å². The summed E-state index contributed by atoms with van der Waals surface area (Å²) >= 11 is 11.8. The van der Waals surface area contributed by atoms with Crippen molar-refractivity contribution < 1.29 is 9.18 Å². The fraction of sp³-hybridized carbons (Fsp3) is 0.0526. The Morgan fingerprint density at radius 3 is 2.58 bits per heavy atom. The molecular formula is C19H13Cl2FN2O2. The van der Waals surface area contributed by atoms with Crippen LogP contribution in [0.1, 0.15) is 15.9 Å². The van der Waals surface area contributed by atoms with Gasteiger partial charge in [-0.1, -0.05) is 41.4 Å². The van der Waals surface area contributed by atoms with Crippen molar-refractivity contribution in [3.8, 4) is 0 Å². The lowest BCUT2D eigenvalue weighted by Crippen LogP contribution is -2.21. The Kier molecular flexibility index (Phi) is 5.40. The average Bonchev–Trinajstić information content (AvgIpc) is 2.59. The molecule has 0 atom stereocenters. The molecule has 2 aromatic carbocycles. The number of halogens is 3. The van der Waals surface area contributed by atoms with Gasteiger partial charge in [-0.15, -0.1) is 0 Å². The number of amides is 1. The first-order valence-electron chi connectivity index (χ1n) is 7.64. The molecule has 132 valence electrons. The van der Waals surface area contributed by atoms with Crippen molar-refractivity contribution in [2.45, 2.75) is 6.54 Å². The molecule has 0 saturated heterocycles. The van der Waals surface area contributed by atoms with Crippen molar-refractivity contribution in [2.24, 2.45) is 0 Å². The molecular weight excluding hydrogens is 378 g/mol. The maximum atomic E-state index is 13.9. The Morgan fingerprint density at radius 2 is 1.85 bits per heavy atom. The van der Waals surface area contributed by atoms with Crippen LogP contribution in [0.2, 0.25) is 10.0 Å². The third-order valence-electron chi connectivity index (χ3n) is 3.72. The van der Waals surface area contributed by atoms with Gasteiger partial charge in [0.25, 0.3) is 11.5 Å². The summed E-state index contributed by atoms with van der Waals surface area (Å²) in [4.78, 5) is 24.3. The van der Waals surface area contributed by atoms with Crippen molar-refractivity contribution >= 4 is 34.8 Å². The lowest BCUT2D eigenvalue weighted by atomic mass is 10.2. The summed E-state index contributed by atoms with van der Waals surface area (Å²) in [6, 6.07) is 13.7. The van der Waals surface area contributed by atoms with E-state index in [9.17, 15) is 14.0 Å². The molecule has 26 heavy (non-hydrogen) atoms. The van der Waals surface area contributed by atoms with Gasteiger partial charge in [-0.25, -0.2) is 4.39 Å². The predicted octanol–water partition coefficient (Wildman–Crippen LogP) is 4.59. The molecule has 0 aliphatic heterocycles. The van der Waals surface area contributed by atoms with E-state index in [1.165, 1.54) is 35.0 Å². The lowest BCUT2D eigenvalue weighted by Gasteiger charge is -2.11. The molecule has 0 bridgehead atoms. The van der Waals surface area contributed by atoms with Gasteiger partial charge in [0.05, 0.1) is 17.8 Å².